The van der Waals surface area contributed by atoms with E-state index < -0.39 is 0 Å². The molecule has 0 heterocycles. The highest BCUT2D eigenvalue weighted by Gasteiger charge is 2.10. The van der Waals surface area contributed by atoms with E-state index in [1.165, 1.54) is 12.1 Å². The molecule has 0 aliphatic rings. The molecule has 0 bridgehead atoms. The zero-order valence-corrected chi connectivity index (χ0v) is 11.5. The molecule has 5 nitrogen and oxygen atoms in total. The summed E-state index contributed by atoms with van der Waals surface area (Å²) >= 11 is 0. The zero-order chi connectivity index (χ0) is 15.4. The van der Waals surface area contributed by atoms with Crippen molar-refractivity contribution >= 4 is 0 Å². The zero-order valence-electron chi connectivity index (χ0n) is 11.5. The lowest BCUT2D eigenvalue weighted by Crippen LogP contribution is -2.00. The van der Waals surface area contributed by atoms with Crippen molar-refractivity contribution in [3.8, 4) is 5.75 Å². The van der Waals surface area contributed by atoms with E-state index >= 15 is 0 Å². The minimum absolute atomic E-state index is 0.0660. The second-order valence-electron chi connectivity index (χ2n) is 3.79. The Morgan fingerprint density at radius 3 is 1.85 bits per heavy atom. The van der Waals surface area contributed by atoms with Gasteiger partial charge in [-0.3, -0.25) is 0 Å². The van der Waals surface area contributed by atoms with Crippen molar-refractivity contribution < 1.29 is 25.2 Å². The molecule has 0 aromatic heterocycles. The molecule has 0 spiro atoms. The van der Waals surface area contributed by atoms with E-state index in [1.807, 2.05) is 0 Å². The van der Waals surface area contributed by atoms with Gasteiger partial charge in [0.05, 0.1) is 33.0 Å². The Morgan fingerprint density at radius 2 is 1.45 bits per heavy atom. The summed E-state index contributed by atoms with van der Waals surface area (Å²) in [5.41, 5.74) is 1.18. The Balaban J connectivity index is 0.000000441. The molecule has 1 rings (SSSR count). The van der Waals surface area contributed by atoms with Crippen LogP contribution >= 0.6 is 0 Å². The maximum Gasteiger partial charge on any atom is 0.121 e. The van der Waals surface area contributed by atoms with E-state index in [9.17, 15) is 5.11 Å². The van der Waals surface area contributed by atoms with Gasteiger partial charge in [0.2, 0.25) is 0 Å². The quantitative estimate of drug-likeness (QED) is 0.446. The lowest BCUT2D eigenvalue weighted by atomic mass is 10.0. The lowest BCUT2D eigenvalue weighted by Gasteiger charge is -2.11. The number of aliphatic hydroxyl groups excluding tert-OH is 3. The van der Waals surface area contributed by atoms with Gasteiger partial charge in [-0.2, -0.15) is 0 Å². The molecule has 0 aliphatic carbocycles. The highest BCUT2D eigenvalue weighted by molar-refractivity contribution is 5.43. The molecule has 0 unspecified atom stereocenters. The van der Waals surface area contributed by atoms with Crippen LogP contribution in [0.1, 0.15) is 16.7 Å². The number of rotatable bonds is 7. The molecule has 0 amide bonds. The first-order valence-corrected chi connectivity index (χ1v) is 6.10. The van der Waals surface area contributed by atoms with Crippen molar-refractivity contribution in [1.29, 1.82) is 0 Å². The fourth-order valence-corrected chi connectivity index (χ4v) is 1.49. The van der Waals surface area contributed by atoms with E-state index in [0.717, 1.165) is 0 Å². The number of aliphatic hydroxyl groups is 3. The van der Waals surface area contributed by atoms with Crippen molar-refractivity contribution in [2.24, 2.45) is 0 Å². The molecule has 0 saturated carbocycles. The lowest BCUT2D eigenvalue weighted by molar-refractivity contribution is 0.194. The van der Waals surface area contributed by atoms with Gasteiger partial charge >= 0.3 is 0 Å². The summed E-state index contributed by atoms with van der Waals surface area (Å²) < 4.78 is 4.90. The maximum atomic E-state index is 9.29. The topological polar surface area (TPSA) is 90.2 Å². The molecular formula is C15H22O5. The number of ether oxygens (including phenoxy) is 1. The molecule has 0 atom stereocenters. The first-order valence-electron chi connectivity index (χ1n) is 6.10. The van der Waals surface area contributed by atoms with E-state index in [4.69, 9.17) is 20.1 Å². The molecule has 0 aliphatic heterocycles. The standard InChI is InChI=1S/C9H12O4.C6H10O/c10-3-6-1-2-9(13)8(5-12)7(6)4-11;1-3-5-7-6-4-2/h1-2,10-13H,3-5H2;3-4H,1-2,5-6H2. The van der Waals surface area contributed by atoms with Crippen LogP contribution in [0.4, 0.5) is 0 Å². The Morgan fingerprint density at radius 1 is 0.900 bits per heavy atom. The Bertz CT molecular complexity index is 407. The first-order chi connectivity index (χ1) is 9.65. The van der Waals surface area contributed by atoms with Gasteiger partial charge in [-0.1, -0.05) is 18.2 Å². The van der Waals surface area contributed by atoms with Crippen LogP contribution in [0.25, 0.3) is 0 Å². The number of benzene rings is 1. The third-order valence-corrected chi connectivity index (χ3v) is 2.46. The fourth-order valence-electron chi connectivity index (χ4n) is 1.49. The van der Waals surface area contributed by atoms with Crippen LogP contribution in [0, 0.1) is 0 Å². The van der Waals surface area contributed by atoms with E-state index in [0.29, 0.717) is 24.3 Å². The third-order valence-electron chi connectivity index (χ3n) is 2.46. The highest BCUT2D eigenvalue weighted by atomic mass is 16.5. The molecule has 0 fully saturated rings. The predicted octanol–water partition coefficient (Wildman–Crippen LogP) is 1.24. The smallest absolute Gasteiger partial charge is 0.121 e. The summed E-state index contributed by atoms with van der Waals surface area (Å²) in [6, 6.07) is 2.90. The highest BCUT2D eigenvalue weighted by Crippen LogP contribution is 2.24. The second kappa shape index (κ2) is 11.2. The van der Waals surface area contributed by atoms with Crippen LogP contribution in [-0.2, 0) is 24.6 Å². The molecule has 5 heteroatoms. The SMILES string of the molecule is C=CCOCC=C.OCc1ccc(O)c(CO)c1CO. The van der Waals surface area contributed by atoms with Gasteiger partial charge in [-0.25, -0.2) is 0 Å². The minimum atomic E-state index is -0.352. The molecule has 0 saturated heterocycles. The summed E-state index contributed by atoms with van der Waals surface area (Å²) in [7, 11) is 0. The Hall–Kier alpha value is -1.66. The average molecular weight is 282 g/mol. The third kappa shape index (κ3) is 5.99. The van der Waals surface area contributed by atoms with Crippen LogP contribution in [0.5, 0.6) is 5.75 Å². The summed E-state index contributed by atoms with van der Waals surface area (Å²) in [6.07, 6.45) is 3.42. The van der Waals surface area contributed by atoms with Gasteiger partial charge in [0.15, 0.2) is 0 Å². The fraction of sp³-hybridized carbons (Fsp3) is 0.333. The van der Waals surface area contributed by atoms with Crippen molar-refractivity contribution in [3.63, 3.8) is 0 Å². The van der Waals surface area contributed by atoms with Gasteiger partial charge < -0.3 is 25.2 Å². The number of hydrogen-bond acceptors (Lipinski definition) is 5. The van der Waals surface area contributed by atoms with Gasteiger partial charge in [0, 0.05) is 5.56 Å². The van der Waals surface area contributed by atoms with Crippen molar-refractivity contribution in [2.75, 3.05) is 13.2 Å². The summed E-state index contributed by atoms with van der Waals surface area (Å²) in [4.78, 5) is 0. The number of aromatic hydroxyl groups is 1. The Labute approximate surface area is 119 Å². The number of hydrogen-bond donors (Lipinski definition) is 4. The van der Waals surface area contributed by atoms with Crippen LogP contribution < -0.4 is 0 Å². The molecule has 1 aromatic carbocycles. The van der Waals surface area contributed by atoms with Crippen LogP contribution in [-0.4, -0.2) is 33.6 Å². The average Bonchev–Trinajstić information content (AvgIpc) is 2.48. The first kappa shape index (κ1) is 18.3. The molecule has 112 valence electrons. The van der Waals surface area contributed by atoms with E-state index in [1.54, 1.807) is 12.2 Å². The van der Waals surface area contributed by atoms with Gasteiger partial charge in [-0.05, 0) is 17.2 Å². The van der Waals surface area contributed by atoms with E-state index in [-0.39, 0.29) is 31.1 Å². The Kier molecular flexibility index (Phi) is 10.3. The molecule has 20 heavy (non-hydrogen) atoms. The molecule has 4 N–H and O–H groups in total. The monoisotopic (exact) mass is 282 g/mol. The normalized spacial score (nSPS) is 9.55. The second-order valence-corrected chi connectivity index (χ2v) is 3.79. The summed E-state index contributed by atoms with van der Waals surface area (Å²) in [6.45, 7) is 7.30. The molecule has 1 aromatic rings. The predicted molar refractivity (Wildman–Crippen MR) is 77.1 cm³/mol. The van der Waals surface area contributed by atoms with Crippen molar-refractivity contribution in [3.05, 3.63) is 54.1 Å². The largest absolute Gasteiger partial charge is 0.508 e. The summed E-state index contributed by atoms with van der Waals surface area (Å²) in [5.74, 6) is -0.0660. The van der Waals surface area contributed by atoms with Crippen molar-refractivity contribution in [2.45, 2.75) is 19.8 Å². The van der Waals surface area contributed by atoms with Crippen molar-refractivity contribution in [1.82, 2.24) is 0 Å². The molecule has 0 radical (unpaired) electrons. The van der Waals surface area contributed by atoms with Gasteiger partial charge in [0.25, 0.3) is 0 Å². The maximum absolute atomic E-state index is 9.29. The van der Waals surface area contributed by atoms with Gasteiger partial charge in [0.1, 0.15) is 5.75 Å². The van der Waals surface area contributed by atoms with Gasteiger partial charge in [-0.15, -0.1) is 13.2 Å². The van der Waals surface area contributed by atoms with E-state index in [2.05, 4.69) is 13.2 Å². The number of phenols is 1. The molecular weight excluding hydrogens is 260 g/mol. The van der Waals surface area contributed by atoms with Crippen LogP contribution in [0.15, 0.2) is 37.4 Å². The van der Waals surface area contributed by atoms with Crippen LogP contribution in [0.3, 0.4) is 0 Å². The summed E-state index contributed by atoms with van der Waals surface area (Å²) in [5, 5.41) is 36.0. The minimum Gasteiger partial charge on any atom is -0.508 e. The van der Waals surface area contributed by atoms with Crippen LogP contribution in [0.2, 0.25) is 0 Å².